The van der Waals surface area contributed by atoms with Gasteiger partial charge in [0.25, 0.3) is 0 Å². The van der Waals surface area contributed by atoms with Crippen LogP contribution in [0.2, 0.25) is 0 Å². The maximum Gasteiger partial charge on any atom is 0.218 e. The van der Waals surface area contributed by atoms with Gasteiger partial charge in [-0.05, 0) is 18.8 Å². The first-order chi connectivity index (χ1) is 8.31. The number of hydrogen-bond acceptors (Lipinski definition) is 4. The highest BCUT2D eigenvalue weighted by molar-refractivity contribution is 5.37. The van der Waals surface area contributed by atoms with Crippen molar-refractivity contribution in [3.63, 3.8) is 0 Å². The summed E-state index contributed by atoms with van der Waals surface area (Å²) in [5, 5.41) is 0. The second-order valence-electron chi connectivity index (χ2n) is 4.93. The highest BCUT2D eigenvalue weighted by Gasteiger charge is 2.26. The number of nitrogens with zero attached hydrogens (tertiary/aromatic N) is 4. The van der Waals surface area contributed by atoms with E-state index < -0.39 is 5.95 Å². The Morgan fingerprint density at radius 3 is 2.59 bits per heavy atom. The van der Waals surface area contributed by atoms with Gasteiger partial charge in [-0.1, -0.05) is 0 Å². The molecule has 1 saturated heterocycles. The zero-order valence-corrected chi connectivity index (χ0v) is 9.85. The third-order valence-electron chi connectivity index (χ3n) is 3.53. The molecule has 3 rings (SSSR count). The number of aromatic nitrogens is 2. The fraction of sp³-hybridized carbons (Fsp3) is 0.667. The minimum atomic E-state index is -0.449. The van der Waals surface area contributed by atoms with Gasteiger partial charge in [-0.3, -0.25) is 4.90 Å². The second kappa shape index (κ2) is 4.56. The Kier molecular flexibility index (Phi) is 2.93. The lowest BCUT2D eigenvalue weighted by molar-refractivity contribution is 0.247. The molecule has 1 saturated carbocycles. The Hall–Kier alpha value is -1.23. The first-order valence-electron chi connectivity index (χ1n) is 6.26. The molecule has 2 aliphatic rings. The summed E-state index contributed by atoms with van der Waals surface area (Å²) in [4.78, 5) is 12.2. The molecule has 0 bridgehead atoms. The molecule has 0 amide bonds. The van der Waals surface area contributed by atoms with E-state index in [1.54, 1.807) is 0 Å². The number of piperazine rings is 1. The van der Waals surface area contributed by atoms with Gasteiger partial charge in [-0.2, -0.15) is 4.39 Å². The first kappa shape index (κ1) is 10.9. The van der Waals surface area contributed by atoms with Crippen LogP contribution < -0.4 is 4.90 Å². The summed E-state index contributed by atoms with van der Waals surface area (Å²) >= 11 is 0. The highest BCUT2D eigenvalue weighted by atomic mass is 19.1. The molecule has 4 nitrogen and oxygen atoms in total. The topological polar surface area (TPSA) is 32.3 Å². The molecule has 0 radical (unpaired) electrons. The quantitative estimate of drug-likeness (QED) is 0.737. The maximum absolute atomic E-state index is 13.0. The van der Waals surface area contributed by atoms with E-state index in [1.165, 1.54) is 31.8 Å². The highest BCUT2D eigenvalue weighted by Crippen LogP contribution is 2.30. The van der Waals surface area contributed by atoms with Crippen LogP contribution in [0.5, 0.6) is 0 Å². The van der Waals surface area contributed by atoms with E-state index >= 15 is 0 Å². The smallest absolute Gasteiger partial charge is 0.218 e. The zero-order chi connectivity index (χ0) is 11.7. The van der Waals surface area contributed by atoms with E-state index in [-0.39, 0.29) is 0 Å². The van der Waals surface area contributed by atoms with Crippen molar-refractivity contribution in [1.82, 2.24) is 14.9 Å². The van der Waals surface area contributed by atoms with Crippen LogP contribution in [0.15, 0.2) is 12.4 Å². The second-order valence-corrected chi connectivity index (χ2v) is 4.93. The van der Waals surface area contributed by atoms with Gasteiger partial charge in [0.1, 0.15) is 12.1 Å². The zero-order valence-electron chi connectivity index (χ0n) is 9.85. The Morgan fingerprint density at radius 1 is 1.18 bits per heavy atom. The van der Waals surface area contributed by atoms with Gasteiger partial charge in [0.15, 0.2) is 0 Å². The van der Waals surface area contributed by atoms with Gasteiger partial charge in [-0.15, -0.1) is 0 Å². The van der Waals surface area contributed by atoms with Crippen molar-refractivity contribution in [2.75, 3.05) is 37.6 Å². The molecule has 1 aliphatic heterocycles. The van der Waals surface area contributed by atoms with Crippen molar-refractivity contribution >= 4 is 5.82 Å². The van der Waals surface area contributed by atoms with Crippen molar-refractivity contribution in [3.05, 3.63) is 18.3 Å². The van der Waals surface area contributed by atoms with Gasteiger partial charge < -0.3 is 4.90 Å². The Morgan fingerprint density at radius 2 is 1.94 bits per heavy atom. The lowest BCUT2D eigenvalue weighted by Gasteiger charge is -2.35. The summed E-state index contributed by atoms with van der Waals surface area (Å²) in [5.74, 6) is 1.21. The van der Waals surface area contributed by atoms with E-state index in [9.17, 15) is 4.39 Å². The SMILES string of the molecule is Fc1cc(N2CCN(CC3CC3)CC2)ncn1. The molecule has 0 aromatic carbocycles. The summed E-state index contributed by atoms with van der Waals surface area (Å²) in [7, 11) is 0. The predicted octanol–water partition coefficient (Wildman–Crippen LogP) is 1.15. The van der Waals surface area contributed by atoms with Crippen molar-refractivity contribution in [1.29, 1.82) is 0 Å². The van der Waals surface area contributed by atoms with Gasteiger partial charge in [0.05, 0.1) is 0 Å². The summed E-state index contributed by atoms with van der Waals surface area (Å²) in [5.41, 5.74) is 0. The van der Waals surface area contributed by atoms with E-state index in [1.807, 2.05) is 0 Å². The molecule has 2 heterocycles. The lowest BCUT2D eigenvalue weighted by atomic mass is 10.3. The normalized spacial score (nSPS) is 21.8. The van der Waals surface area contributed by atoms with Crippen LogP contribution in [-0.4, -0.2) is 47.6 Å². The van der Waals surface area contributed by atoms with Crippen LogP contribution in [0.25, 0.3) is 0 Å². The van der Waals surface area contributed by atoms with E-state index in [4.69, 9.17) is 0 Å². The largest absolute Gasteiger partial charge is 0.354 e. The molecular weight excluding hydrogens is 219 g/mol. The van der Waals surface area contributed by atoms with Crippen LogP contribution in [0.1, 0.15) is 12.8 Å². The first-order valence-corrected chi connectivity index (χ1v) is 6.26. The molecular formula is C12H17FN4. The van der Waals surface area contributed by atoms with Crippen molar-refractivity contribution in [2.45, 2.75) is 12.8 Å². The van der Waals surface area contributed by atoms with E-state index in [2.05, 4.69) is 19.8 Å². The molecule has 1 aromatic rings. The maximum atomic E-state index is 13.0. The van der Waals surface area contributed by atoms with Gasteiger partial charge in [0, 0.05) is 38.8 Å². The number of anilines is 1. The molecule has 0 unspecified atom stereocenters. The van der Waals surface area contributed by atoms with Gasteiger partial charge in [0.2, 0.25) is 5.95 Å². The van der Waals surface area contributed by atoms with E-state index in [0.29, 0.717) is 5.82 Å². The average molecular weight is 236 g/mol. The standard InChI is InChI=1S/C12H17FN4/c13-11-7-12(15-9-14-11)17-5-3-16(4-6-17)8-10-1-2-10/h7,9-10H,1-6,8H2. The number of halogens is 1. The molecule has 92 valence electrons. The van der Waals surface area contributed by atoms with Crippen LogP contribution in [0.4, 0.5) is 10.2 Å². The van der Waals surface area contributed by atoms with Crippen molar-refractivity contribution in [2.24, 2.45) is 5.92 Å². The van der Waals surface area contributed by atoms with Gasteiger partial charge in [-0.25, -0.2) is 9.97 Å². The fourth-order valence-corrected chi connectivity index (χ4v) is 2.32. The fourth-order valence-electron chi connectivity index (χ4n) is 2.32. The third-order valence-corrected chi connectivity index (χ3v) is 3.53. The summed E-state index contributed by atoms with van der Waals surface area (Å²) in [6.07, 6.45) is 4.09. The van der Waals surface area contributed by atoms with Crippen LogP contribution in [0, 0.1) is 11.9 Å². The number of hydrogen-bond donors (Lipinski definition) is 0. The molecule has 1 aliphatic carbocycles. The Balaban J connectivity index is 1.56. The predicted molar refractivity (Wildman–Crippen MR) is 63.4 cm³/mol. The molecule has 2 fully saturated rings. The summed E-state index contributed by atoms with van der Waals surface area (Å²) < 4.78 is 13.0. The van der Waals surface area contributed by atoms with Crippen molar-refractivity contribution < 1.29 is 4.39 Å². The monoisotopic (exact) mass is 236 g/mol. The molecule has 0 atom stereocenters. The van der Waals surface area contributed by atoms with Crippen molar-refractivity contribution in [3.8, 4) is 0 Å². The Labute approximate surface area is 100 Å². The van der Waals surface area contributed by atoms with E-state index in [0.717, 1.165) is 32.1 Å². The molecule has 17 heavy (non-hydrogen) atoms. The molecule has 5 heteroatoms. The molecule has 0 spiro atoms. The Bertz CT molecular complexity index is 386. The van der Waals surface area contributed by atoms with Crippen LogP contribution in [0.3, 0.4) is 0 Å². The lowest BCUT2D eigenvalue weighted by Crippen LogP contribution is -2.47. The minimum Gasteiger partial charge on any atom is -0.354 e. The minimum absolute atomic E-state index is 0.449. The van der Waals surface area contributed by atoms with Crippen LogP contribution >= 0.6 is 0 Å². The van der Waals surface area contributed by atoms with Gasteiger partial charge >= 0.3 is 0 Å². The molecule has 0 N–H and O–H groups in total. The molecule has 1 aromatic heterocycles. The summed E-state index contributed by atoms with van der Waals surface area (Å²) in [6, 6.07) is 1.41. The summed E-state index contributed by atoms with van der Waals surface area (Å²) in [6.45, 7) is 5.22. The average Bonchev–Trinajstić information content (AvgIpc) is 3.14. The van der Waals surface area contributed by atoms with Crippen LogP contribution in [-0.2, 0) is 0 Å². The number of rotatable bonds is 3. The third kappa shape index (κ3) is 2.72.